The molecule has 0 saturated carbocycles. The van der Waals surface area contributed by atoms with Gasteiger partial charge in [0.25, 0.3) is 0 Å². The summed E-state index contributed by atoms with van der Waals surface area (Å²) in [4.78, 5) is 19.3. The van der Waals surface area contributed by atoms with Gasteiger partial charge in [-0.05, 0) is 48.6 Å². The number of nitrogens with one attached hydrogen (secondary N) is 2. The number of amides is 1. The van der Waals surface area contributed by atoms with Crippen molar-refractivity contribution in [1.29, 1.82) is 0 Å². The summed E-state index contributed by atoms with van der Waals surface area (Å²) in [5.74, 6) is 0.990. The van der Waals surface area contributed by atoms with E-state index in [1.165, 1.54) is 0 Å². The first-order chi connectivity index (χ1) is 12.8. The fourth-order valence-electron chi connectivity index (χ4n) is 3.95. The minimum absolute atomic E-state index is 0.0958. The molecule has 0 spiro atoms. The maximum Gasteiger partial charge on any atom is 0.241 e. The molecule has 1 amide bonds. The van der Waals surface area contributed by atoms with Gasteiger partial charge in [-0.3, -0.25) is 9.78 Å². The standard InChI is InChI=1S/C20H24N4O2/c1-26-16-7-2-5-14(11-16)17-12-18(23-22-17)20(25)24-10-4-8-19(24)15-6-3-9-21-13-15/h2-3,5-7,9,11,13,17-19,22-23H,4,8,10,12H2,1H3. The monoisotopic (exact) mass is 352 g/mol. The number of hydrazine groups is 1. The Hall–Kier alpha value is -2.44. The lowest BCUT2D eigenvalue weighted by Gasteiger charge is -2.27. The van der Waals surface area contributed by atoms with Crippen molar-refractivity contribution in [3.63, 3.8) is 0 Å². The Morgan fingerprint density at radius 1 is 1.23 bits per heavy atom. The van der Waals surface area contributed by atoms with Gasteiger partial charge in [0.1, 0.15) is 11.8 Å². The summed E-state index contributed by atoms with van der Waals surface area (Å²) in [7, 11) is 1.66. The molecule has 0 aliphatic carbocycles. The molecule has 0 bridgehead atoms. The molecule has 1 aromatic carbocycles. The molecule has 1 aromatic heterocycles. The van der Waals surface area contributed by atoms with Crippen molar-refractivity contribution in [2.24, 2.45) is 0 Å². The fraction of sp³-hybridized carbons (Fsp3) is 0.400. The minimum Gasteiger partial charge on any atom is -0.497 e. The minimum atomic E-state index is -0.219. The number of aromatic nitrogens is 1. The van der Waals surface area contributed by atoms with Gasteiger partial charge in [0.15, 0.2) is 0 Å². The molecule has 3 heterocycles. The predicted molar refractivity (Wildman–Crippen MR) is 98.3 cm³/mol. The van der Waals surface area contributed by atoms with Crippen molar-refractivity contribution < 1.29 is 9.53 Å². The third-order valence-corrected chi connectivity index (χ3v) is 5.30. The van der Waals surface area contributed by atoms with Crippen LogP contribution < -0.4 is 15.6 Å². The van der Waals surface area contributed by atoms with Gasteiger partial charge in [-0.25, -0.2) is 10.9 Å². The van der Waals surface area contributed by atoms with Crippen molar-refractivity contribution in [3.8, 4) is 5.75 Å². The number of carbonyl (C=O) groups excluding carboxylic acids is 1. The summed E-state index contributed by atoms with van der Waals surface area (Å²) in [6.07, 6.45) is 6.39. The third kappa shape index (κ3) is 3.30. The van der Waals surface area contributed by atoms with E-state index < -0.39 is 0 Å². The molecule has 6 nitrogen and oxygen atoms in total. The Balaban J connectivity index is 1.45. The average Bonchev–Trinajstić information content (AvgIpc) is 3.38. The van der Waals surface area contributed by atoms with Gasteiger partial charge < -0.3 is 9.64 Å². The van der Waals surface area contributed by atoms with E-state index in [2.05, 4.69) is 28.0 Å². The number of benzene rings is 1. The first kappa shape index (κ1) is 17.0. The Kier molecular flexibility index (Phi) is 4.86. The van der Waals surface area contributed by atoms with Crippen LogP contribution in [0.4, 0.5) is 0 Å². The number of methoxy groups -OCH3 is 1. The van der Waals surface area contributed by atoms with E-state index in [0.29, 0.717) is 0 Å². The van der Waals surface area contributed by atoms with E-state index >= 15 is 0 Å². The van der Waals surface area contributed by atoms with Crippen LogP contribution in [0.3, 0.4) is 0 Å². The number of nitrogens with zero attached hydrogens (tertiary/aromatic N) is 2. The molecule has 6 heteroatoms. The lowest BCUT2D eigenvalue weighted by molar-refractivity contribution is -0.134. The van der Waals surface area contributed by atoms with E-state index in [-0.39, 0.29) is 24.0 Å². The molecular formula is C20H24N4O2. The second kappa shape index (κ2) is 7.43. The van der Waals surface area contributed by atoms with Crippen LogP contribution in [-0.2, 0) is 4.79 Å². The zero-order valence-electron chi connectivity index (χ0n) is 14.9. The van der Waals surface area contributed by atoms with Crippen LogP contribution >= 0.6 is 0 Å². The van der Waals surface area contributed by atoms with Crippen LogP contribution in [0.15, 0.2) is 48.8 Å². The molecule has 2 aromatic rings. The molecular weight excluding hydrogens is 328 g/mol. The summed E-state index contributed by atoms with van der Waals surface area (Å²) < 4.78 is 5.30. The SMILES string of the molecule is COc1cccc(C2CC(C(=O)N3CCCC3c3cccnc3)NN2)c1. The Bertz CT molecular complexity index is 767. The molecule has 2 N–H and O–H groups in total. The van der Waals surface area contributed by atoms with Gasteiger partial charge in [0.2, 0.25) is 5.91 Å². The van der Waals surface area contributed by atoms with Gasteiger partial charge in [-0.15, -0.1) is 0 Å². The summed E-state index contributed by atoms with van der Waals surface area (Å²) in [5.41, 5.74) is 8.70. The van der Waals surface area contributed by atoms with Crippen LogP contribution in [-0.4, -0.2) is 35.5 Å². The third-order valence-electron chi connectivity index (χ3n) is 5.30. The number of pyridine rings is 1. The summed E-state index contributed by atoms with van der Waals surface area (Å²) in [6.45, 7) is 0.806. The quantitative estimate of drug-likeness (QED) is 0.884. The van der Waals surface area contributed by atoms with Crippen molar-refractivity contribution in [2.45, 2.75) is 37.4 Å². The van der Waals surface area contributed by atoms with Crippen molar-refractivity contribution in [1.82, 2.24) is 20.7 Å². The van der Waals surface area contributed by atoms with Gasteiger partial charge in [-0.1, -0.05) is 18.2 Å². The molecule has 3 atom stereocenters. The Morgan fingerprint density at radius 3 is 2.92 bits per heavy atom. The zero-order valence-corrected chi connectivity index (χ0v) is 14.9. The van der Waals surface area contributed by atoms with Crippen LogP contribution in [0.2, 0.25) is 0 Å². The topological polar surface area (TPSA) is 66.5 Å². The highest BCUT2D eigenvalue weighted by Crippen LogP contribution is 2.33. The highest BCUT2D eigenvalue weighted by molar-refractivity contribution is 5.83. The molecule has 4 rings (SSSR count). The van der Waals surface area contributed by atoms with E-state index in [1.54, 1.807) is 13.3 Å². The number of rotatable bonds is 4. The van der Waals surface area contributed by atoms with Crippen LogP contribution in [0.1, 0.15) is 42.5 Å². The summed E-state index contributed by atoms with van der Waals surface area (Å²) in [5, 5.41) is 0. The molecule has 26 heavy (non-hydrogen) atoms. The molecule has 3 unspecified atom stereocenters. The molecule has 0 radical (unpaired) electrons. The highest BCUT2D eigenvalue weighted by atomic mass is 16.5. The Morgan fingerprint density at radius 2 is 2.12 bits per heavy atom. The number of carbonyl (C=O) groups is 1. The second-order valence-electron chi connectivity index (χ2n) is 6.88. The molecule has 136 valence electrons. The van der Waals surface area contributed by atoms with E-state index in [9.17, 15) is 4.79 Å². The molecule has 2 saturated heterocycles. The van der Waals surface area contributed by atoms with E-state index in [0.717, 1.165) is 42.7 Å². The first-order valence-electron chi connectivity index (χ1n) is 9.11. The van der Waals surface area contributed by atoms with Crippen molar-refractivity contribution in [3.05, 3.63) is 59.9 Å². The van der Waals surface area contributed by atoms with E-state index in [4.69, 9.17) is 4.74 Å². The highest BCUT2D eigenvalue weighted by Gasteiger charge is 2.37. The molecule has 2 aliphatic rings. The number of likely N-dealkylation sites (tertiary alicyclic amines) is 1. The molecule has 2 fully saturated rings. The number of hydrogen-bond acceptors (Lipinski definition) is 5. The van der Waals surface area contributed by atoms with Gasteiger partial charge >= 0.3 is 0 Å². The van der Waals surface area contributed by atoms with Gasteiger partial charge in [-0.2, -0.15) is 0 Å². The van der Waals surface area contributed by atoms with Crippen LogP contribution in [0.25, 0.3) is 0 Å². The largest absolute Gasteiger partial charge is 0.497 e. The Labute approximate surface area is 153 Å². The number of hydrogen-bond donors (Lipinski definition) is 2. The first-order valence-corrected chi connectivity index (χ1v) is 9.11. The second-order valence-corrected chi connectivity index (χ2v) is 6.88. The van der Waals surface area contributed by atoms with Crippen molar-refractivity contribution >= 4 is 5.91 Å². The van der Waals surface area contributed by atoms with Crippen LogP contribution in [0, 0.1) is 0 Å². The lowest BCUT2D eigenvalue weighted by Crippen LogP contribution is -2.45. The van der Waals surface area contributed by atoms with Gasteiger partial charge in [0, 0.05) is 25.0 Å². The number of ether oxygens (including phenoxy) is 1. The predicted octanol–water partition coefficient (Wildman–Crippen LogP) is 2.36. The van der Waals surface area contributed by atoms with Gasteiger partial charge in [0.05, 0.1) is 13.2 Å². The molecule has 2 aliphatic heterocycles. The lowest BCUT2D eigenvalue weighted by atomic mass is 10.0. The maximum atomic E-state index is 13.1. The van der Waals surface area contributed by atoms with Crippen LogP contribution in [0.5, 0.6) is 5.75 Å². The maximum absolute atomic E-state index is 13.1. The zero-order chi connectivity index (χ0) is 17.9. The smallest absolute Gasteiger partial charge is 0.241 e. The fourth-order valence-corrected chi connectivity index (χ4v) is 3.95. The summed E-state index contributed by atoms with van der Waals surface area (Å²) >= 11 is 0. The average molecular weight is 352 g/mol. The van der Waals surface area contributed by atoms with E-state index in [1.807, 2.05) is 35.4 Å². The summed E-state index contributed by atoms with van der Waals surface area (Å²) in [6, 6.07) is 12.0. The van der Waals surface area contributed by atoms with Crippen molar-refractivity contribution in [2.75, 3.05) is 13.7 Å². The normalized spacial score (nSPS) is 25.4.